The molecule has 1 atom stereocenters. The van der Waals surface area contributed by atoms with E-state index in [1.54, 1.807) is 5.48 Å². The molecule has 0 saturated carbocycles. The number of hydrogen-bond donors (Lipinski definition) is 2. The number of nitrogens with two attached hydrogens (primary N) is 1. The van der Waals surface area contributed by atoms with E-state index in [2.05, 4.69) is 4.84 Å². The molecule has 1 aliphatic heterocycles. The van der Waals surface area contributed by atoms with Crippen LogP contribution in [-0.4, -0.2) is 24.4 Å². The maximum absolute atomic E-state index is 8.57. The number of hydrogen-bond acceptors (Lipinski definition) is 2. The number of aliphatic hydroxyl groups is 1. The zero-order valence-electron chi connectivity index (χ0n) is 3.42. The normalized spacial score (nSPS) is 34.5. The molecule has 0 radical (unpaired) electrons. The van der Waals surface area contributed by atoms with Gasteiger partial charge in [0.05, 0.1) is 0 Å². The average molecular weight is 90.1 g/mol. The van der Waals surface area contributed by atoms with Crippen molar-refractivity contribution in [3.8, 4) is 0 Å². The van der Waals surface area contributed by atoms with Gasteiger partial charge in [0.25, 0.3) is 0 Å². The second-order valence-electron chi connectivity index (χ2n) is 1.39. The lowest BCUT2D eigenvalue weighted by Crippen LogP contribution is -2.80. The van der Waals surface area contributed by atoms with Crippen LogP contribution in [0.15, 0.2) is 0 Å². The Balaban J connectivity index is 2.18. The van der Waals surface area contributed by atoms with Gasteiger partial charge in [-0.3, -0.25) is 0 Å². The predicted molar refractivity (Wildman–Crippen MR) is 18.8 cm³/mol. The number of quaternary nitrogens is 1. The molecular weight excluding hydrogens is 82.0 g/mol. The van der Waals surface area contributed by atoms with Gasteiger partial charge in [-0.2, -0.15) is 5.48 Å². The van der Waals surface area contributed by atoms with Gasteiger partial charge in [-0.1, -0.05) is 0 Å². The van der Waals surface area contributed by atoms with Gasteiger partial charge >= 0.3 is 0 Å². The van der Waals surface area contributed by atoms with E-state index in [0.717, 1.165) is 0 Å². The molecular formula is C3H8NO2+. The second kappa shape index (κ2) is 1.55. The fraction of sp³-hybridized carbons (Fsp3) is 1.00. The molecule has 3 heteroatoms. The van der Waals surface area contributed by atoms with Crippen molar-refractivity contribution in [2.75, 3.05) is 13.2 Å². The highest BCUT2D eigenvalue weighted by Crippen LogP contribution is 1.78. The van der Waals surface area contributed by atoms with E-state index in [4.69, 9.17) is 5.11 Å². The SMILES string of the molecule is OC1C[NH2+]OC1. The molecule has 0 spiro atoms. The maximum atomic E-state index is 8.57. The Morgan fingerprint density at radius 2 is 2.67 bits per heavy atom. The highest BCUT2D eigenvalue weighted by Gasteiger charge is 2.14. The van der Waals surface area contributed by atoms with Crippen molar-refractivity contribution in [3.63, 3.8) is 0 Å². The first-order chi connectivity index (χ1) is 2.89. The molecule has 3 N–H and O–H groups in total. The molecule has 0 bridgehead atoms. The molecule has 0 aromatic rings. The van der Waals surface area contributed by atoms with Crippen molar-refractivity contribution in [1.29, 1.82) is 0 Å². The van der Waals surface area contributed by atoms with Gasteiger partial charge in [0.15, 0.2) is 0 Å². The minimum Gasteiger partial charge on any atom is -0.384 e. The van der Waals surface area contributed by atoms with Gasteiger partial charge in [-0.05, 0) is 0 Å². The van der Waals surface area contributed by atoms with Crippen LogP contribution in [0.3, 0.4) is 0 Å². The van der Waals surface area contributed by atoms with Crippen LogP contribution < -0.4 is 5.48 Å². The molecule has 0 aliphatic carbocycles. The van der Waals surface area contributed by atoms with Crippen molar-refractivity contribution in [1.82, 2.24) is 0 Å². The van der Waals surface area contributed by atoms with Gasteiger partial charge in [0, 0.05) is 0 Å². The summed E-state index contributed by atoms with van der Waals surface area (Å²) in [6.45, 7) is 1.18. The second-order valence-corrected chi connectivity index (χ2v) is 1.39. The third-order valence-electron chi connectivity index (χ3n) is 0.775. The van der Waals surface area contributed by atoms with Crippen molar-refractivity contribution in [2.24, 2.45) is 0 Å². The zero-order chi connectivity index (χ0) is 4.41. The molecule has 1 saturated heterocycles. The van der Waals surface area contributed by atoms with Crippen LogP contribution >= 0.6 is 0 Å². The third-order valence-corrected chi connectivity index (χ3v) is 0.775. The van der Waals surface area contributed by atoms with E-state index in [9.17, 15) is 0 Å². The van der Waals surface area contributed by atoms with Crippen LogP contribution in [-0.2, 0) is 4.84 Å². The number of aliphatic hydroxyl groups excluding tert-OH is 1. The van der Waals surface area contributed by atoms with Crippen molar-refractivity contribution in [3.05, 3.63) is 0 Å². The summed E-state index contributed by atoms with van der Waals surface area (Å²) < 4.78 is 0. The van der Waals surface area contributed by atoms with Crippen LogP contribution in [0.4, 0.5) is 0 Å². The molecule has 0 aromatic carbocycles. The largest absolute Gasteiger partial charge is 0.384 e. The topological polar surface area (TPSA) is 46.1 Å². The monoisotopic (exact) mass is 90.1 g/mol. The van der Waals surface area contributed by atoms with E-state index in [-0.39, 0.29) is 6.10 Å². The number of rotatable bonds is 0. The molecule has 6 heavy (non-hydrogen) atoms. The molecule has 1 aliphatic rings. The molecule has 1 rings (SSSR count). The van der Waals surface area contributed by atoms with Crippen LogP contribution in [0.1, 0.15) is 0 Å². The fourth-order valence-corrected chi connectivity index (χ4v) is 0.426. The van der Waals surface area contributed by atoms with E-state index in [1.807, 2.05) is 0 Å². The lowest BCUT2D eigenvalue weighted by Gasteiger charge is -1.82. The average Bonchev–Trinajstić information content (AvgIpc) is 1.86. The van der Waals surface area contributed by atoms with Crippen LogP contribution in [0.25, 0.3) is 0 Å². The third kappa shape index (κ3) is 0.680. The Kier molecular flexibility index (Phi) is 1.05. The van der Waals surface area contributed by atoms with Crippen LogP contribution in [0.2, 0.25) is 0 Å². The summed E-state index contributed by atoms with van der Waals surface area (Å²) in [4.78, 5) is 4.68. The Morgan fingerprint density at radius 1 is 1.83 bits per heavy atom. The van der Waals surface area contributed by atoms with Gasteiger partial charge in [0.1, 0.15) is 19.3 Å². The minimum absolute atomic E-state index is 0.231. The highest BCUT2D eigenvalue weighted by molar-refractivity contribution is 4.47. The van der Waals surface area contributed by atoms with Gasteiger partial charge < -0.3 is 5.11 Å². The van der Waals surface area contributed by atoms with E-state index in [1.165, 1.54) is 0 Å². The highest BCUT2D eigenvalue weighted by atomic mass is 16.7. The summed E-state index contributed by atoms with van der Waals surface area (Å²) in [6.07, 6.45) is -0.231. The van der Waals surface area contributed by atoms with Crippen LogP contribution in [0, 0.1) is 0 Å². The first-order valence-corrected chi connectivity index (χ1v) is 2.01. The van der Waals surface area contributed by atoms with Crippen LogP contribution in [0.5, 0.6) is 0 Å². The van der Waals surface area contributed by atoms with E-state index >= 15 is 0 Å². The molecule has 0 aromatic heterocycles. The summed E-state index contributed by atoms with van der Waals surface area (Å²) in [5.41, 5.74) is 1.63. The van der Waals surface area contributed by atoms with Gasteiger partial charge in [0.2, 0.25) is 0 Å². The molecule has 0 amide bonds. The Labute approximate surface area is 35.9 Å². The Bertz CT molecular complexity index is 42.1. The first-order valence-electron chi connectivity index (χ1n) is 2.01. The quantitative estimate of drug-likeness (QED) is 0.356. The first kappa shape index (κ1) is 4.05. The molecule has 36 valence electrons. The Morgan fingerprint density at radius 3 is 2.83 bits per heavy atom. The molecule has 3 nitrogen and oxygen atoms in total. The smallest absolute Gasteiger partial charge is 0.137 e. The standard InChI is InChI=1S/C3H7NO2/c5-3-1-4-6-2-3/h3-5H,1-2H2/p+1. The predicted octanol–water partition coefficient (Wildman–Crippen LogP) is -2.14. The maximum Gasteiger partial charge on any atom is 0.137 e. The summed E-state index contributed by atoms with van der Waals surface area (Å²) in [7, 11) is 0. The Hall–Kier alpha value is -0.120. The summed E-state index contributed by atoms with van der Waals surface area (Å²) in [5, 5.41) is 8.57. The summed E-state index contributed by atoms with van der Waals surface area (Å²) in [5.74, 6) is 0. The van der Waals surface area contributed by atoms with Gasteiger partial charge in [-0.15, -0.1) is 0 Å². The summed E-state index contributed by atoms with van der Waals surface area (Å²) in [6, 6.07) is 0. The lowest BCUT2D eigenvalue weighted by atomic mass is 10.4. The van der Waals surface area contributed by atoms with Crippen molar-refractivity contribution < 1.29 is 15.4 Å². The molecule has 1 fully saturated rings. The fourth-order valence-electron chi connectivity index (χ4n) is 0.426. The van der Waals surface area contributed by atoms with Gasteiger partial charge in [-0.25, -0.2) is 4.84 Å². The molecule has 1 unspecified atom stereocenters. The zero-order valence-corrected chi connectivity index (χ0v) is 3.42. The van der Waals surface area contributed by atoms with Crippen molar-refractivity contribution >= 4 is 0 Å². The lowest BCUT2D eigenvalue weighted by molar-refractivity contribution is -0.874. The van der Waals surface area contributed by atoms with E-state index in [0.29, 0.717) is 13.2 Å². The number of hydroxylamine groups is 1. The summed E-state index contributed by atoms with van der Waals surface area (Å²) >= 11 is 0. The minimum atomic E-state index is -0.231. The van der Waals surface area contributed by atoms with E-state index < -0.39 is 0 Å². The van der Waals surface area contributed by atoms with Crippen molar-refractivity contribution in [2.45, 2.75) is 6.10 Å². The molecule has 1 heterocycles.